The molecular weight excluding hydrogens is 371 g/mol. The van der Waals surface area contributed by atoms with Crippen LogP contribution in [0.3, 0.4) is 0 Å². The maximum Gasteiger partial charge on any atom is 0.323 e. The number of aryl methyl sites for hydroxylation is 3. The van der Waals surface area contributed by atoms with Crippen LogP contribution in [0.2, 0.25) is 0 Å². The first-order chi connectivity index (χ1) is 13.9. The van der Waals surface area contributed by atoms with Gasteiger partial charge in [0.15, 0.2) is 5.82 Å². The molecule has 1 aliphatic heterocycles. The van der Waals surface area contributed by atoms with Crippen LogP contribution in [0.25, 0.3) is 5.69 Å². The number of aromatic nitrogens is 2. The number of halogens is 1. The van der Waals surface area contributed by atoms with Crippen molar-refractivity contribution in [2.45, 2.75) is 27.3 Å². The Morgan fingerprint density at radius 3 is 2.66 bits per heavy atom. The van der Waals surface area contributed by atoms with Crippen LogP contribution in [-0.2, 0) is 6.54 Å². The van der Waals surface area contributed by atoms with Gasteiger partial charge in [0.2, 0.25) is 0 Å². The van der Waals surface area contributed by atoms with Gasteiger partial charge in [-0.25, -0.2) is 13.9 Å². The zero-order chi connectivity index (χ0) is 20.5. The maximum absolute atomic E-state index is 14.2. The molecule has 150 valence electrons. The van der Waals surface area contributed by atoms with Crippen molar-refractivity contribution in [1.29, 1.82) is 0 Å². The van der Waals surface area contributed by atoms with Gasteiger partial charge in [-0.15, -0.1) is 5.10 Å². The van der Waals surface area contributed by atoms with Crippen LogP contribution >= 0.6 is 0 Å². The predicted molar refractivity (Wildman–Crippen MR) is 109 cm³/mol. The van der Waals surface area contributed by atoms with Gasteiger partial charge in [0.1, 0.15) is 18.2 Å². The Morgan fingerprint density at radius 1 is 1.14 bits per heavy atom. The fraction of sp³-hybridized carbons (Fsp3) is 0.273. The first kappa shape index (κ1) is 19.0. The van der Waals surface area contributed by atoms with Crippen molar-refractivity contribution in [2.75, 3.05) is 18.5 Å². The number of amides is 2. The Balaban J connectivity index is 1.54. The summed E-state index contributed by atoms with van der Waals surface area (Å²) in [4.78, 5) is 14.3. The Morgan fingerprint density at radius 2 is 1.90 bits per heavy atom. The van der Waals surface area contributed by atoms with E-state index in [4.69, 9.17) is 4.74 Å². The minimum atomic E-state index is -0.378. The number of carbonyl (C=O) groups excluding carboxylic acids is 1. The second-order valence-corrected chi connectivity index (χ2v) is 7.35. The third-order valence-corrected chi connectivity index (χ3v) is 4.90. The van der Waals surface area contributed by atoms with Gasteiger partial charge in [-0.3, -0.25) is 5.32 Å². The first-order valence-electron chi connectivity index (χ1n) is 9.52. The number of urea groups is 1. The standard InChI is InChI=1S/C22H23FN4O2/c1-14-9-15(2)11-17(10-14)27-16(3)12-21(25-27)24-22(28)26-7-8-29-20-6-4-5-19(23)18(20)13-26/h4-6,9-12H,7-8,13H2,1-3H3,(H,24,25,28). The lowest BCUT2D eigenvalue weighted by Crippen LogP contribution is -2.36. The van der Waals surface area contributed by atoms with Crippen LogP contribution < -0.4 is 10.1 Å². The van der Waals surface area contributed by atoms with E-state index in [1.807, 2.05) is 39.0 Å². The van der Waals surface area contributed by atoms with E-state index in [1.165, 1.54) is 11.0 Å². The number of anilines is 1. The lowest BCUT2D eigenvalue weighted by Gasteiger charge is -2.19. The van der Waals surface area contributed by atoms with E-state index in [0.29, 0.717) is 30.3 Å². The lowest BCUT2D eigenvalue weighted by atomic mass is 10.1. The van der Waals surface area contributed by atoms with Crippen molar-refractivity contribution in [3.63, 3.8) is 0 Å². The SMILES string of the molecule is Cc1cc(C)cc(-n2nc(NC(=O)N3CCOc4cccc(F)c4C3)cc2C)c1. The van der Waals surface area contributed by atoms with E-state index in [9.17, 15) is 9.18 Å². The van der Waals surface area contributed by atoms with Gasteiger partial charge in [-0.05, 0) is 56.2 Å². The molecule has 7 heteroatoms. The maximum atomic E-state index is 14.2. The summed E-state index contributed by atoms with van der Waals surface area (Å²) >= 11 is 0. The summed E-state index contributed by atoms with van der Waals surface area (Å²) in [5.41, 5.74) is 4.52. The second-order valence-electron chi connectivity index (χ2n) is 7.35. The molecule has 0 saturated heterocycles. The molecule has 0 fully saturated rings. The molecule has 2 heterocycles. The van der Waals surface area contributed by atoms with Crippen molar-refractivity contribution < 1.29 is 13.9 Å². The minimum Gasteiger partial charge on any atom is -0.491 e. The van der Waals surface area contributed by atoms with Crippen LogP contribution in [0.1, 0.15) is 22.4 Å². The highest BCUT2D eigenvalue weighted by Gasteiger charge is 2.23. The molecule has 3 aromatic rings. The number of nitrogens with zero attached hydrogens (tertiary/aromatic N) is 3. The van der Waals surface area contributed by atoms with E-state index < -0.39 is 0 Å². The number of benzene rings is 2. The summed E-state index contributed by atoms with van der Waals surface area (Å²) in [7, 11) is 0. The summed E-state index contributed by atoms with van der Waals surface area (Å²) in [6.45, 7) is 6.82. The molecule has 0 saturated carbocycles. The Kier molecular flexibility index (Phi) is 4.96. The van der Waals surface area contributed by atoms with E-state index in [1.54, 1.807) is 16.8 Å². The summed E-state index contributed by atoms with van der Waals surface area (Å²) in [5.74, 6) is 0.554. The van der Waals surface area contributed by atoms with E-state index >= 15 is 0 Å². The molecule has 0 bridgehead atoms. The van der Waals surface area contributed by atoms with E-state index in [0.717, 1.165) is 22.5 Å². The number of rotatable bonds is 2. The van der Waals surface area contributed by atoms with Crippen LogP contribution in [0, 0.1) is 26.6 Å². The van der Waals surface area contributed by atoms with Gasteiger partial charge < -0.3 is 9.64 Å². The summed E-state index contributed by atoms with van der Waals surface area (Å²) < 4.78 is 21.6. The largest absolute Gasteiger partial charge is 0.491 e. The molecular formula is C22H23FN4O2. The van der Waals surface area contributed by atoms with Crippen molar-refractivity contribution in [2.24, 2.45) is 0 Å². The zero-order valence-corrected chi connectivity index (χ0v) is 16.7. The van der Waals surface area contributed by atoms with E-state index in [-0.39, 0.29) is 18.4 Å². The highest BCUT2D eigenvalue weighted by Crippen LogP contribution is 2.26. The molecule has 6 nitrogen and oxygen atoms in total. The van der Waals surface area contributed by atoms with Gasteiger partial charge >= 0.3 is 6.03 Å². The molecule has 0 atom stereocenters. The topological polar surface area (TPSA) is 59.4 Å². The van der Waals surface area contributed by atoms with Crippen LogP contribution in [0.15, 0.2) is 42.5 Å². The Labute approximate surface area is 168 Å². The molecule has 2 amide bonds. The van der Waals surface area contributed by atoms with Gasteiger partial charge in [0.05, 0.1) is 18.8 Å². The molecule has 0 unspecified atom stereocenters. The fourth-order valence-electron chi connectivity index (χ4n) is 3.60. The highest BCUT2D eigenvalue weighted by atomic mass is 19.1. The number of carbonyl (C=O) groups is 1. The minimum absolute atomic E-state index is 0.143. The normalized spacial score (nSPS) is 13.4. The predicted octanol–water partition coefficient (Wildman–Crippen LogP) is 4.36. The summed E-state index contributed by atoms with van der Waals surface area (Å²) in [6, 6.07) is 12.4. The number of hydrogen-bond donors (Lipinski definition) is 1. The average Bonchev–Trinajstić information content (AvgIpc) is 2.88. The van der Waals surface area contributed by atoms with Crippen molar-refractivity contribution in [3.8, 4) is 11.4 Å². The third kappa shape index (κ3) is 3.94. The smallest absolute Gasteiger partial charge is 0.323 e. The molecule has 1 N–H and O–H groups in total. The summed E-state index contributed by atoms with van der Waals surface area (Å²) in [6.07, 6.45) is 0. The molecule has 0 spiro atoms. The monoisotopic (exact) mass is 394 g/mol. The number of hydrogen-bond acceptors (Lipinski definition) is 3. The fourth-order valence-corrected chi connectivity index (χ4v) is 3.60. The number of nitrogens with one attached hydrogen (secondary N) is 1. The van der Waals surface area contributed by atoms with Crippen molar-refractivity contribution >= 4 is 11.8 Å². The Bertz CT molecular complexity index is 1060. The average molecular weight is 394 g/mol. The number of fused-ring (bicyclic) bond motifs is 1. The van der Waals surface area contributed by atoms with Crippen LogP contribution in [-0.4, -0.2) is 33.9 Å². The van der Waals surface area contributed by atoms with Crippen LogP contribution in [0.4, 0.5) is 15.0 Å². The van der Waals surface area contributed by atoms with Crippen molar-refractivity contribution in [1.82, 2.24) is 14.7 Å². The molecule has 2 aromatic carbocycles. The molecule has 0 aliphatic carbocycles. The van der Waals surface area contributed by atoms with E-state index in [2.05, 4.69) is 16.5 Å². The van der Waals surface area contributed by atoms with Gasteiger partial charge in [-0.1, -0.05) is 12.1 Å². The second kappa shape index (κ2) is 7.58. The van der Waals surface area contributed by atoms with Gasteiger partial charge in [0, 0.05) is 17.3 Å². The molecule has 0 radical (unpaired) electrons. The highest BCUT2D eigenvalue weighted by molar-refractivity contribution is 5.88. The molecule has 1 aromatic heterocycles. The third-order valence-electron chi connectivity index (χ3n) is 4.90. The van der Waals surface area contributed by atoms with Crippen LogP contribution in [0.5, 0.6) is 5.75 Å². The molecule has 29 heavy (non-hydrogen) atoms. The zero-order valence-electron chi connectivity index (χ0n) is 16.7. The lowest BCUT2D eigenvalue weighted by molar-refractivity contribution is 0.200. The van der Waals surface area contributed by atoms with Gasteiger partial charge in [-0.2, -0.15) is 0 Å². The quantitative estimate of drug-likeness (QED) is 0.702. The number of ether oxygens (including phenoxy) is 1. The molecule has 4 rings (SSSR count). The Hall–Kier alpha value is -3.35. The first-order valence-corrected chi connectivity index (χ1v) is 9.52. The summed E-state index contributed by atoms with van der Waals surface area (Å²) in [5, 5.41) is 7.36. The van der Waals surface area contributed by atoms with Crippen molar-refractivity contribution in [3.05, 3.63) is 70.7 Å². The molecule has 1 aliphatic rings. The van der Waals surface area contributed by atoms with Gasteiger partial charge in [0.25, 0.3) is 0 Å².